The normalized spacial score (nSPS) is 20.5. The number of rotatable bonds is 8. The van der Waals surface area contributed by atoms with Crippen molar-refractivity contribution in [2.24, 2.45) is 11.8 Å². The summed E-state index contributed by atoms with van der Waals surface area (Å²) in [6.45, 7) is 4.58. The average Bonchev–Trinajstić information content (AvgIpc) is 2.42. The highest BCUT2D eigenvalue weighted by Gasteiger charge is 2.33. The molecule has 0 saturated carbocycles. The number of hydrogen-bond acceptors (Lipinski definition) is 2. The van der Waals surface area contributed by atoms with Crippen molar-refractivity contribution in [1.82, 2.24) is 5.43 Å². The highest BCUT2D eigenvalue weighted by atomic mass is 15.2. The summed E-state index contributed by atoms with van der Waals surface area (Å²) in [6, 6.07) is 9.23. The summed E-state index contributed by atoms with van der Waals surface area (Å²) in [4.78, 5) is 0. The van der Waals surface area contributed by atoms with E-state index in [0.717, 1.165) is 5.92 Å². The number of benzene rings is 1. The molecular formula is C17H28N2. The Bertz CT molecular complexity index is 389. The van der Waals surface area contributed by atoms with Crippen molar-refractivity contribution in [2.75, 3.05) is 0 Å². The van der Waals surface area contributed by atoms with Crippen LogP contribution in [-0.4, -0.2) is 6.04 Å². The molecule has 0 bridgehead atoms. The molecule has 2 nitrogen and oxygen atoms in total. The molecule has 3 N–H and O–H groups in total. The predicted molar refractivity (Wildman–Crippen MR) is 81.9 cm³/mol. The lowest BCUT2D eigenvalue weighted by molar-refractivity contribution is 0.304. The summed E-state index contributed by atoms with van der Waals surface area (Å²) in [5.41, 5.74) is 6.10. The fourth-order valence-corrected chi connectivity index (χ4v) is 3.35. The maximum absolute atomic E-state index is 5.82. The van der Waals surface area contributed by atoms with Crippen LogP contribution >= 0.6 is 0 Å². The molecule has 1 aliphatic carbocycles. The second-order valence-corrected chi connectivity index (χ2v) is 5.93. The standard InChI is InChI=1S/C17H28N2/c1-3-5-8-13(4-2)11-17(19-18)16-12-14-9-6-7-10-15(14)16/h6-7,9-10,13,16-17,19H,3-5,8,11-12,18H2,1-2H3. The highest BCUT2D eigenvalue weighted by molar-refractivity contribution is 5.41. The van der Waals surface area contributed by atoms with E-state index >= 15 is 0 Å². The first-order chi connectivity index (χ1) is 9.30. The van der Waals surface area contributed by atoms with Crippen molar-refractivity contribution < 1.29 is 0 Å². The number of nitrogens with two attached hydrogens (primary N) is 1. The van der Waals surface area contributed by atoms with Gasteiger partial charge in [-0.05, 0) is 29.9 Å². The number of hydrazine groups is 1. The van der Waals surface area contributed by atoms with Gasteiger partial charge >= 0.3 is 0 Å². The topological polar surface area (TPSA) is 38.0 Å². The van der Waals surface area contributed by atoms with E-state index in [1.54, 1.807) is 0 Å². The predicted octanol–water partition coefficient (Wildman–Crippen LogP) is 3.76. The fraction of sp³-hybridized carbons (Fsp3) is 0.647. The van der Waals surface area contributed by atoms with Gasteiger partial charge in [-0.15, -0.1) is 0 Å². The van der Waals surface area contributed by atoms with Crippen LogP contribution in [0.3, 0.4) is 0 Å². The van der Waals surface area contributed by atoms with Crippen LogP contribution in [0.4, 0.5) is 0 Å². The summed E-state index contributed by atoms with van der Waals surface area (Å²) in [5, 5.41) is 0. The van der Waals surface area contributed by atoms with E-state index in [0.29, 0.717) is 12.0 Å². The number of fused-ring (bicyclic) bond motifs is 1. The minimum Gasteiger partial charge on any atom is -0.271 e. The molecule has 106 valence electrons. The summed E-state index contributed by atoms with van der Waals surface area (Å²) in [6.07, 6.45) is 7.66. The van der Waals surface area contributed by atoms with E-state index in [9.17, 15) is 0 Å². The van der Waals surface area contributed by atoms with Crippen molar-refractivity contribution in [3.63, 3.8) is 0 Å². The van der Waals surface area contributed by atoms with Crippen LogP contribution in [0, 0.1) is 5.92 Å². The summed E-state index contributed by atoms with van der Waals surface area (Å²) in [5.74, 6) is 7.26. The SMILES string of the molecule is CCCCC(CC)CC(NN)C1Cc2ccccc21. The zero-order chi connectivity index (χ0) is 13.7. The van der Waals surface area contributed by atoms with Gasteiger partial charge in [-0.1, -0.05) is 63.8 Å². The Kier molecular flexibility index (Phi) is 5.41. The van der Waals surface area contributed by atoms with E-state index in [1.165, 1.54) is 49.7 Å². The van der Waals surface area contributed by atoms with Gasteiger partial charge in [0, 0.05) is 12.0 Å². The first-order valence-corrected chi connectivity index (χ1v) is 7.84. The molecule has 1 aromatic carbocycles. The number of unbranched alkanes of at least 4 members (excludes halogenated alkanes) is 1. The molecule has 19 heavy (non-hydrogen) atoms. The Labute approximate surface area is 117 Å². The molecule has 3 unspecified atom stereocenters. The number of nitrogens with one attached hydrogen (secondary N) is 1. The highest BCUT2D eigenvalue weighted by Crippen LogP contribution is 2.39. The molecule has 1 aliphatic rings. The van der Waals surface area contributed by atoms with Crippen LogP contribution in [0.15, 0.2) is 24.3 Å². The minimum absolute atomic E-state index is 0.441. The maximum Gasteiger partial charge on any atom is 0.0285 e. The molecule has 0 radical (unpaired) electrons. The van der Waals surface area contributed by atoms with Crippen LogP contribution in [0.1, 0.15) is 63.0 Å². The first kappa shape index (κ1) is 14.5. The summed E-state index contributed by atoms with van der Waals surface area (Å²) < 4.78 is 0. The molecule has 0 heterocycles. The lowest BCUT2D eigenvalue weighted by Crippen LogP contribution is -2.44. The van der Waals surface area contributed by atoms with Crippen molar-refractivity contribution in [1.29, 1.82) is 0 Å². The molecule has 0 aliphatic heterocycles. The third kappa shape index (κ3) is 3.37. The van der Waals surface area contributed by atoms with Crippen molar-refractivity contribution >= 4 is 0 Å². The lowest BCUT2D eigenvalue weighted by Gasteiger charge is -2.37. The molecule has 2 heteroatoms. The van der Waals surface area contributed by atoms with Gasteiger partial charge in [0.25, 0.3) is 0 Å². The van der Waals surface area contributed by atoms with Gasteiger partial charge < -0.3 is 0 Å². The fourth-order valence-electron chi connectivity index (χ4n) is 3.35. The smallest absolute Gasteiger partial charge is 0.0285 e. The lowest BCUT2D eigenvalue weighted by atomic mass is 9.71. The van der Waals surface area contributed by atoms with E-state index in [4.69, 9.17) is 5.84 Å². The molecule has 0 aromatic heterocycles. The summed E-state index contributed by atoms with van der Waals surface area (Å²) in [7, 11) is 0. The van der Waals surface area contributed by atoms with Gasteiger partial charge in [-0.3, -0.25) is 11.3 Å². The van der Waals surface area contributed by atoms with Crippen LogP contribution in [0.5, 0.6) is 0 Å². The van der Waals surface area contributed by atoms with Crippen molar-refractivity contribution in [2.45, 2.75) is 64.3 Å². The van der Waals surface area contributed by atoms with E-state index < -0.39 is 0 Å². The molecule has 2 rings (SSSR count). The largest absolute Gasteiger partial charge is 0.271 e. The molecular weight excluding hydrogens is 232 g/mol. The van der Waals surface area contributed by atoms with E-state index in [-0.39, 0.29) is 0 Å². The molecule has 0 saturated heterocycles. The molecule has 0 amide bonds. The number of hydrogen-bond donors (Lipinski definition) is 2. The van der Waals surface area contributed by atoms with Crippen LogP contribution in [0.2, 0.25) is 0 Å². The molecule has 1 aromatic rings. The van der Waals surface area contributed by atoms with Crippen LogP contribution in [0.25, 0.3) is 0 Å². The quantitative estimate of drug-likeness (QED) is 0.551. The summed E-state index contributed by atoms with van der Waals surface area (Å²) >= 11 is 0. The Balaban J connectivity index is 1.94. The van der Waals surface area contributed by atoms with E-state index in [1.807, 2.05) is 0 Å². The van der Waals surface area contributed by atoms with Gasteiger partial charge in [-0.2, -0.15) is 0 Å². The third-order valence-electron chi connectivity index (χ3n) is 4.72. The Morgan fingerprint density at radius 3 is 2.74 bits per heavy atom. The molecule has 0 fully saturated rings. The zero-order valence-electron chi connectivity index (χ0n) is 12.4. The Morgan fingerprint density at radius 2 is 2.11 bits per heavy atom. The average molecular weight is 260 g/mol. The Morgan fingerprint density at radius 1 is 1.32 bits per heavy atom. The van der Waals surface area contributed by atoms with Gasteiger partial charge in [0.15, 0.2) is 0 Å². The van der Waals surface area contributed by atoms with Crippen molar-refractivity contribution in [3.05, 3.63) is 35.4 Å². The van der Waals surface area contributed by atoms with Crippen LogP contribution in [-0.2, 0) is 6.42 Å². The first-order valence-electron chi connectivity index (χ1n) is 7.84. The van der Waals surface area contributed by atoms with Gasteiger partial charge in [-0.25, -0.2) is 0 Å². The minimum atomic E-state index is 0.441. The Hall–Kier alpha value is -0.860. The van der Waals surface area contributed by atoms with Gasteiger partial charge in [0.1, 0.15) is 0 Å². The molecule has 0 spiro atoms. The van der Waals surface area contributed by atoms with E-state index in [2.05, 4.69) is 43.5 Å². The second kappa shape index (κ2) is 7.06. The van der Waals surface area contributed by atoms with Gasteiger partial charge in [0.2, 0.25) is 0 Å². The van der Waals surface area contributed by atoms with Crippen molar-refractivity contribution in [3.8, 4) is 0 Å². The second-order valence-electron chi connectivity index (χ2n) is 5.93. The maximum atomic E-state index is 5.82. The monoisotopic (exact) mass is 260 g/mol. The zero-order valence-corrected chi connectivity index (χ0v) is 12.4. The van der Waals surface area contributed by atoms with Gasteiger partial charge in [0.05, 0.1) is 0 Å². The third-order valence-corrected chi connectivity index (χ3v) is 4.72. The molecule has 3 atom stereocenters. The van der Waals surface area contributed by atoms with Crippen LogP contribution < -0.4 is 11.3 Å².